The third-order valence-corrected chi connectivity index (χ3v) is 7.13. The van der Waals surface area contributed by atoms with Gasteiger partial charge in [-0.25, -0.2) is 15.0 Å². The Morgan fingerprint density at radius 1 is 1.15 bits per heavy atom. The Hall–Kier alpha value is -2.06. The standard InChI is InChI=1S/C22H26ClIN8OS/c23-19-21(27-11-15-1-3-16(24)4-2-15)30-20(25)18(29-19)22(33)26-5-6-31-7-9-32(10-8-31)12-17-13-34-14-28-17/h1-4,13-14H,5-12H2,(H,26,33)(H3,25,27,30). The number of carbonyl (C=O) groups is 1. The second kappa shape index (κ2) is 12.1. The zero-order valence-corrected chi connectivity index (χ0v) is 22.2. The van der Waals surface area contributed by atoms with Gasteiger partial charge in [-0.15, -0.1) is 11.3 Å². The monoisotopic (exact) mass is 612 g/mol. The van der Waals surface area contributed by atoms with Gasteiger partial charge in [-0.2, -0.15) is 0 Å². The van der Waals surface area contributed by atoms with E-state index in [0.717, 1.165) is 54.1 Å². The second-order valence-electron chi connectivity index (χ2n) is 7.93. The molecular formula is C22H26ClIN8OS. The summed E-state index contributed by atoms with van der Waals surface area (Å²) in [5.41, 5.74) is 10.1. The Balaban J connectivity index is 1.22. The van der Waals surface area contributed by atoms with E-state index in [1.54, 1.807) is 11.3 Å². The summed E-state index contributed by atoms with van der Waals surface area (Å²) in [7, 11) is 0. The number of hydrogen-bond donors (Lipinski definition) is 3. The minimum absolute atomic E-state index is 0.0397. The fourth-order valence-corrected chi connectivity index (χ4v) is 4.73. The maximum absolute atomic E-state index is 12.6. The molecule has 4 N–H and O–H groups in total. The lowest BCUT2D eigenvalue weighted by molar-refractivity contribution is 0.0929. The summed E-state index contributed by atoms with van der Waals surface area (Å²) >= 11 is 10.2. The highest BCUT2D eigenvalue weighted by molar-refractivity contribution is 14.1. The molecule has 0 unspecified atom stereocenters. The van der Waals surface area contributed by atoms with Gasteiger partial charge < -0.3 is 16.4 Å². The number of nitrogens with one attached hydrogen (secondary N) is 2. The Labute approximate surface area is 221 Å². The molecule has 180 valence electrons. The lowest BCUT2D eigenvalue weighted by Crippen LogP contribution is -2.48. The van der Waals surface area contributed by atoms with Crippen LogP contribution < -0.4 is 16.4 Å². The van der Waals surface area contributed by atoms with E-state index in [0.29, 0.717) is 18.9 Å². The minimum atomic E-state index is -0.377. The molecule has 1 aromatic carbocycles. The fraction of sp³-hybridized carbons (Fsp3) is 0.364. The van der Waals surface area contributed by atoms with Crippen LogP contribution in [0.3, 0.4) is 0 Å². The normalized spacial score (nSPS) is 14.8. The summed E-state index contributed by atoms with van der Waals surface area (Å²) in [6.45, 7) is 6.54. The predicted octanol–water partition coefficient (Wildman–Crippen LogP) is 2.93. The van der Waals surface area contributed by atoms with Crippen molar-refractivity contribution in [3.8, 4) is 0 Å². The summed E-state index contributed by atoms with van der Waals surface area (Å²) in [6.07, 6.45) is 0. The van der Waals surface area contributed by atoms with Gasteiger partial charge in [0.05, 0.1) is 11.2 Å². The molecule has 1 aliphatic rings. The van der Waals surface area contributed by atoms with Gasteiger partial charge in [-0.1, -0.05) is 23.7 Å². The molecule has 3 aromatic rings. The second-order valence-corrected chi connectivity index (χ2v) is 10.3. The van der Waals surface area contributed by atoms with E-state index in [2.05, 4.69) is 63.4 Å². The first-order chi connectivity index (χ1) is 16.5. The van der Waals surface area contributed by atoms with Crippen LogP contribution in [-0.4, -0.2) is 69.9 Å². The van der Waals surface area contributed by atoms with Crippen LogP contribution in [0.1, 0.15) is 21.7 Å². The van der Waals surface area contributed by atoms with Crippen molar-refractivity contribution in [2.75, 3.05) is 50.3 Å². The highest BCUT2D eigenvalue weighted by atomic mass is 127. The maximum atomic E-state index is 12.6. The molecule has 34 heavy (non-hydrogen) atoms. The number of thiazole rings is 1. The number of nitrogens with zero attached hydrogens (tertiary/aromatic N) is 5. The van der Waals surface area contributed by atoms with Gasteiger partial charge in [0.1, 0.15) is 0 Å². The average molecular weight is 613 g/mol. The number of nitrogens with two attached hydrogens (primary N) is 1. The van der Waals surface area contributed by atoms with Crippen molar-refractivity contribution in [2.45, 2.75) is 13.1 Å². The van der Waals surface area contributed by atoms with E-state index in [1.807, 2.05) is 29.8 Å². The van der Waals surface area contributed by atoms with Gasteiger partial charge in [-0.3, -0.25) is 14.6 Å². The summed E-state index contributed by atoms with van der Waals surface area (Å²) in [4.78, 5) is 30.1. The molecule has 1 aliphatic heterocycles. The molecule has 12 heteroatoms. The van der Waals surface area contributed by atoms with Crippen molar-refractivity contribution in [1.82, 2.24) is 30.1 Å². The van der Waals surface area contributed by atoms with E-state index in [1.165, 1.54) is 0 Å². The van der Waals surface area contributed by atoms with E-state index in [9.17, 15) is 4.79 Å². The third-order valence-electron chi connectivity index (χ3n) is 5.52. The number of rotatable bonds is 9. The molecule has 0 atom stereocenters. The van der Waals surface area contributed by atoms with Gasteiger partial charge in [0.2, 0.25) is 0 Å². The molecule has 3 heterocycles. The van der Waals surface area contributed by atoms with Gasteiger partial charge >= 0.3 is 0 Å². The zero-order valence-electron chi connectivity index (χ0n) is 18.5. The lowest BCUT2D eigenvalue weighted by atomic mass is 10.2. The Morgan fingerprint density at radius 2 is 1.88 bits per heavy atom. The molecule has 1 amide bonds. The van der Waals surface area contributed by atoms with Crippen molar-refractivity contribution < 1.29 is 4.79 Å². The number of anilines is 2. The first-order valence-electron chi connectivity index (χ1n) is 10.9. The number of hydrogen-bond acceptors (Lipinski definition) is 9. The number of aromatic nitrogens is 3. The molecule has 9 nitrogen and oxygen atoms in total. The van der Waals surface area contributed by atoms with Gasteiger partial charge in [-0.05, 0) is 40.3 Å². The maximum Gasteiger partial charge on any atom is 0.273 e. The quantitative estimate of drug-likeness (QED) is 0.317. The van der Waals surface area contributed by atoms with Crippen LogP contribution in [0.5, 0.6) is 0 Å². The summed E-state index contributed by atoms with van der Waals surface area (Å²) in [5.74, 6) is 0.0192. The van der Waals surface area contributed by atoms with Crippen LogP contribution in [0.4, 0.5) is 11.6 Å². The molecule has 0 spiro atoms. The number of benzene rings is 1. The molecule has 2 aromatic heterocycles. The number of piperazine rings is 1. The first kappa shape index (κ1) is 25.0. The minimum Gasteiger partial charge on any atom is -0.382 e. The molecule has 0 saturated carbocycles. The smallest absolute Gasteiger partial charge is 0.273 e. The largest absolute Gasteiger partial charge is 0.382 e. The van der Waals surface area contributed by atoms with Crippen molar-refractivity contribution in [1.29, 1.82) is 0 Å². The van der Waals surface area contributed by atoms with Crippen LogP contribution in [0, 0.1) is 3.57 Å². The predicted molar refractivity (Wildman–Crippen MR) is 144 cm³/mol. The van der Waals surface area contributed by atoms with Gasteiger partial charge in [0.15, 0.2) is 22.5 Å². The first-order valence-corrected chi connectivity index (χ1v) is 13.3. The molecule has 4 rings (SSSR count). The van der Waals surface area contributed by atoms with E-state index < -0.39 is 0 Å². The van der Waals surface area contributed by atoms with Crippen molar-refractivity contribution in [3.63, 3.8) is 0 Å². The fourth-order valence-electron chi connectivity index (χ4n) is 3.62. The van der Waals surface area contributed by atoms with Crippen LogP contribution >= 0.6 is 45.5 Å². The summed E-state index contributed by atoms with van der Waals surface area (Å²) in [6, 6.07) is 8.08. The van der Waals surface area contributed by atoms with E-state index >= 15 is 0 Å². The molecule has 0 bridgehead atoms. The lowest BCUT2D eigenvalue weighted by Gasteiger charge is -2.34. The molecular weight excluding hydrogens is 587 g/mol. The number of carbonyl (C=O) groups excluding carboxylic acids is 1. The third kappa shape index (κ3) is 6.98. The van der Waals surface area contributed by atoms with Gasteiger partial charge in [0, 0.05) is 61.3 Å². The van der Waals surface area contributed by atoms with Gasteiger partial charge in [0.25, 0.3) is 5.91 Å². The molecule has 0 radical (unpaired) electrons. The molecule has 0 aliphatic carbocycles. The summed E-state index contributed by atoms with van der Waals surface area (Å²) < 4.78 is 1.16. The van der Waals surface area contributed by atoms with Crippen LogP contribution in [-0.2, 0) is 13.1 Å². The van der Waals surface area contributed by atoms with E-state index in [-0.39, 0.29) is 22.6 Å². The Bertz CT molecular complexity index is 1090. The van der Waals surface area contributed by atoms with Crippen molar-refractivity contribution in [3.05, 3.63) is 60.8 Å². The van der Waals surface area contributed by atoms with Crippen molar-refractivity contribution in [2.24, 2.45) is 0 Å². The van der Waals surface area contributed by atoms with Crippen molar-refractivity contribution >= 4 is 63.1 Å². The highest BCUT2D eigenvalue weighted by Crippen LogP contribution is 2.21. The number of amides is 1. The van der Waals surface area contributed by atoms with Crippen LogP contribution in [0.2, 0.25) is 5.15 Å². The Morgan fingerprint density at radius 3 is 2.59 bits per heavy atom. The number of nitrogen functional groups attached to an aromatic ring is 1. The summed E-state index contributed by atoms with van der Waals surface area (Å²) in [5, 5.41) is 8.21. The Kier molecular flexibility index (Phi) is 8.89. The highest BCUT2D eigenvalue weighted by Gasteiger charge is 2.19. The van der Waals surface area contributed by atoms with E-state index in [4.69, 9.17) is 17.3 Å². The zero-order chi connectivity index (χ0) is 23.9. The van der Waals surface area contributed by atoms with Crippen LogP contribution in [0.15, 0.2) is 35.2 Å². The number of halogens is 2. The molecule has 1 fully saturated rings. The van der Waals surface area contributed by atoms with Crippen LogP contribution in [0.25, 0.3) is 0 Å². The molecule has 1 saturated heterocycles. The topological polar surface area (TPSA) is 112 Å². The average Bonchev–Trinajstić information content (AvgIpc) is 3.34. The SMILES string of the molecule is Nc1nc(NCc2ccc(I)cc2)c(Cl)nc1C(=O)NCCN1CCN(Cc2cscn2)CC1.